The molecule has 1 aliphatic carbocycles. The number of carbonyl (C=O) groups is 1. The molecule has 2 aromatic heterocycles. The van der Waals surface area contributed by atoms with Crippen LogP contribution >= 0.6 is 0 Å². The van der Waals surface area contributed by atoms with Gasteiger partial charge in [0.25, 0.3) is 10.0 Å². The Bertz CT molecular complexity index is 1380. The zero-order valence-electron chi connectivity index (χ0n) is 20.1. The smallest absolute Gasteiger partial charge is 0.333 e. The number of aryl methyl sites for hydroxylation is 1. The molecular formula is C25H29N5O5S. The van der Waals surface area contributed by atoms with Crippen molar-refractivity contribution >= 4 is 21.7 Å². The van der Waals surface area contributed by atoms with E-state index >= 15 is 0 Å². The molecule has 36 heavy (non-hydrogen) atoms. The highest BCUT2D eigenvalue weighted by atomic mass is 32.2. The van der Waals surface area contributed by atoms with Crippen molar-refractivity contribution in [1.29, 1.82) is 0 Å². The van der Waals surface area contributed by atoms with E-state index in [0.29, 0.717) is 16.8 Å². The molecule has 3 aromatic rings. The molecule has 2 amide bonds. The number of pyridine rings is 1. The summed E-state index contributed by atoms with van der Waals surface area (Å²) in [6.45, 7) is 7.13. The maximum atomic E-state index is 12.9. The van der Waals surface area contributed by atoms with Crippen molar-refractivity contribution in [2.24, 2.45) is 0 Å². The van der Waals surface area contributed by atoms with E-state index in [2.05, 4.69) is 26.7 Å². The predicted octanol–water partition coefficient (Wildman–Crippen LogP) is 3.45. The van der Waals surface area contributed by atoms with E-state index in [1.807, 2.05) is 26.0 Å². The normalized spacial score (nSPS) is 13.8. The first-order chi connectivity index (χ1) is 17.2. The maximum absolute atomic E-state index is 12.9. The summed E-state index contributed by atoms with van der Waals surface area (Å²) >= 11 is 0. The van der Waals surface area contributed by atoms with Crippen molar-refractivity contribution in [2.45, 2.75) is 50.3 Å². The molecule has 0 radical (unpaired) electrons. The number of anilines is 1. The summed E-state index contributed by atoms with van der Waals surface area (Å²) in [6.07, 6.45) is 6.54. The Balaban J connectivity index is 1.63. The third-order valence-corrected chi connectivity index (χ3v) is 7.12. The number of aromatic nitrogens is 3. The van der Waals surface area contributed by atoms with Crippen molar-refractivity contribution in [3.8, 4) is 17.0 Å². The second-order valence-corrected chi connectivity index (χ2v) is 10.4. The van der Waals surface area contributed by atoms with Gasteiger partial charge in [-0.1, -0.05) is 18.7 Å². The number of nitrogens with one attached hydrogen (secondary N) is 2. The fourth-order valence-corrected chi connectivity index (χ4v) is 4.91. The SMILES string of the molecule is C=CC(CO)Oc1cc(-c2ccc3c(c2NC(=O)NS(=O)(=O)c2ccn(C(C)C)n2)CCC3)ccn1. The number of carbonyl (C=O) groups excluding carboxylic acids is 1. The van der Waals surface area contributed by atoms with Gasteiger partial charge in [-0.2, -0.15) is 13.5 Å². The number of benzene rings is 1. The van der Waals surface area contributed by atoms with Crippen LogP contribution in [0.2, 0.25) is 0 Å². The average molecular weight is 512 g/mol. The number of rotatable bonds is 9. The summed E-state index contributed by atoms with van der Waals surface area (Å²) in [7, 11) is -4.17. The first-order valence-corrected chi connectivity index (χ1v) is 13.1. The summed E-state index contributed by atoms with van der Waals surface area (Å²) in [4.78, 5) is 17.1. The van der Waals surface area contributed by atoms with Crippen molar-refractivity contribution in [1.82, 2.24) is 19.5 Å². The van der Waals surface area contributed by atoms with Crippen molar-refractivity contribution < 1.29 is 23.1 Å². The molecule has 190 valence electrons. The fourth-order valence-electron chi connectivity index (χ4n) is 4.07. The van der Waals surface area contributed by atoms with Gasteiger partial charge in [-0.25, -0.2) is 14.5 Å². The largest absolute Gasteiger partial charge is 0.468 e. The number of nitrogens with zero attached hydrogens (tertiary/aromatic N) is 3. The molecular weight excluding hydrogens is 482 g/mol. The first-order valence-electron chi connectivity index (χ1n) is 11.6. The van der Waals surface area contributed by atoms with E-state index in [1.165, 1.54) is 16.8 Å². The monoisotopic (exact) mass is 511 g/mol. The highest BCUT2D eigenvalue weighted by molar-refractivity contribution is 7.90. The Kier molecular flexibility index (Phi) is 7.41. The number of ether oxygens (including phenoxy) is 1. The standard InChI is InChI=1S/C25H29N5O5S/c1-4-19(15-31)35-22-14-18(10-12-26-22)21-9-8-17-6-5-7-20(17)24(21)27-25(32)29-36(33,34)23-11-13-30(28-23)16(2)3/h4,8-14,16,19,31H,1,5-7,15H2,2-3H3,(H2,27,29,32). The van der Waals surface area contributed by atoms with Crippen LogP contribution in [0, 0.1) is 0 Å². The van der Waals surface area contributed by atoms with E-state index in [9.17, 15) is 18.3 Å². The molecule has 1 aromatic carbocycles. The number of aliphatic hydroxyl groups is 1. The molecule has 10 nitrogen and oxygen atoms in total. The molecule has 1 aliphatic rings. The minimum absolute atomic E-state index is 0.0226. The van der Waals surface area contributed by atoms with E-state index in [4.69, 9.17) is 4.74 Å². The number of hydrogen-bond donors (Lipinski definition) is 3. The second kappa shape index (κ2) is 10.5. The maximum Gasteiger partial charge on any atom is 0.333 e. The lowest BCUT2D eigenvalue weighted by atomic mass is 9.98. The average Bonchev–Trinajstić information content (AvgIpc) is 3.53. The Hall–Kier alpha value is -3.70. The van der Waals surface area contributed by atoms with Crippen LogP contribution in [0.15, 0.2) is 60.4 Å². The van der Waals surface area contributed by atoms with Gasteiger partial charge in [-0.15, -0.1) is 0 Å². The Morgan fingerprint density at radius 2 is 2.08 bits per heavy atom. The van der Waals surface area contributed by atoms with Crippen LogP contribution in [0.5, 0.6) is 5.88 Å². The Labute approximate surface area is 210 Å². The van der Waals surface area contributed by atoms with Crippen LogP contribution in [-0.2, 0) is 22.9 Å². The van der Waals surface area contributed by atoms with Gasteiger partial charge in [0.15, 0.2) is 5.03 Å². The third kappa shape index (κ3) is 5.42. The van der Waals surface area contributed by atoms with Crippen molar-refractivity contribution in [2.75, 3.05) is 11.9 Å². The van der Waals surface area contributed by atoms with Crippen LogP contribution in [0.4, 0.5) is 10.5 Å². The van der Waals surface area contributed by atoms with Gasteiger partial charge in [0, 0.05) is 30.1 Å². The first kappa shape index (κ1) is 25.4. The van der Waals surface area contributed by atoms with E-state index in [-0.39, 0.29) is 23.6 Å². The van der Waals surface area contributed by atoms with Crippen LogP contribution in [-0.4, -0.2) is 47.0 Å². The summed E-state index contributed by atoms with van der Waals surface area (Å²) in [5.74, 6) is 0.283. The van der Waals surface area contributed by atoms with Gasteiger partial charge < -0.3 is 15.2 Å². The van der Waals surface area contributed by atoms with Crippen molar-refractivity contribution in [3.63, 3.8) is 0 Å². The molecule has 2 heterocycles. The molecule has 3 N–H and O–H groups in total. The van der Waals surface area contributed by atoms with E-state index < -0.39 is 22.2 Å². The lowest BCUT2D eigenvalue weighted by Crippen LogP contribution is -2.35. The highest BCUT2D eigenvalue weighted by Gasteiger charge is 2.25. The molecule has 1 atom stereocenters. The molecule has 0 aliphatic heterocycles. The summed E-state index contributed by atoms with van der Waals surface area (Å²) in [6, 6.07) is 7.80. The fraction of sp³-hybridized carbons (Fsp3) is 0.320. The van der Waals surface area contributed by atoms with Gasteiger partial charge in [0.1, 0.15) is 6.10 Å². The van der Waals surface area contributed by atoms with E-state index in [1.54, 1.807) is 24.5 Å². The number of sulfonamides is 1. The molecule has 0 spiro atoms. The summed E-state index contributed by atoms with van der Waals surface area (Å²) < 4.78 is 34.7. The molecule has 0 fully saturated rings. The predicted molar refractivity (Wildman–Crippen MR) is 135 cm³/mol. The van der Waals surface area contributed by atoms with Crippen LogP contribution < -0.4 is 14.8 Å². The van der Waals surface area contributed by atoms with Gasteiger partial charge in [-0.05, 0) is 68.0 Å². The number of hydrogen-bond acceptors (Lipinski definition) is 7. The zero-order valence-corrected chi connectivity index (χ0v) is 21.0. The molecule has 0 saturated carbocycles. The molecule has 1 unspecified atom stereocenters. The zero-order chi connectivity index (χ0) is 25.9. The van der Waals surface area contributed by atoms with Gasteiger partial charge >= 0.3 is 6.03 Å². The molecule has 4 rings (SSSR count). The molecule has 0 saturated heterocycles. The number of aliphatic hydroxyl groups excluding tert-OH is 1. The third-order valence-electron chi connectivity index (χ3n) is 5.90. The lowest BCUT2D eigenvalue weighted by molar-refractivity contribution is 0.145. The van der Waals surface area contributed by atoms with Crippen molar-refractivity contribution in [3.05, 3.63) is 66.5 Å². The minimum atomic E-state index is -4.17. The lowest BCUT2D eigenvalue weighted by Gasteiger charge is -2.17. The van der Waals surface area contributed by atoms with Gasteiger partial charge in [0.2, 0.25) is 5.88 Å². The molecule has 0 bridgehead atoms. The topological polar surface area (TPSA) is 135 Å². The van der Waals surface area contributed by atoms with Gasteiger partial charge in [-0.3, -0.25) is 4.68 Å². The quantitative estimate of drug-likeness (QED) is 0.374. The minimum Gasteiger partial charge on any atom is -0.468 e. The Morgan fingerprint density at radius 1 is 1.28 bits per heavy atom. The second-order valence-electron chi connectivity index (χ2n) is 8.72. The summed E-state index contributed by atoms with van der Waals surface area (Å²) in [5, 5.41) is 16.0. The number of amides is 2. The van der Waals surface area contributed by atoms with Crippen LogP contribution in [0.3, 0.4) is 0 Å². The van der Waals surface area contributed by atoms with E-state index in [0.717, 1.165) is 30.4 Å². The Morgan fingerprint density at radius 3 is 2.78 bits per heavy atom. The summed E-state index contributed by atoms with van der Waals surface area (Å²) in [5.41, 5.74) is 4.00. The molecule has 11 heteroatoms. The van der Waals surface area contributed by atoms with Gasteiger partial charge in [0.05, 0.1) is 12.3 Å². The highest BCUT2D eigenvalue weighted by Crippen LogP contribution is 2.38. The number of urea groups is 1. The van der Waals surface area contributed by atoms with Crippen LogP contribution in [0.1, 0.15) is 37.4 Å². The van der Waals surface area contributed by atoms with Crippen LogP contribution in [0.25, 0.3) is 11.1 Å². The number of fused-ring (bicyclic) bond motifs is 1.